The quantitative estimate of drug-likeness (QED) is 0.306. The number of thiazole rings is 1. The second-order valence-electron chi connectivity index (χ2n) is 8.55. The molecule has 0 fully saturated rings. The smallest absolute Gasteiger partial charge is 0.281 e. The molecule has 7 nitrogen and oxygen atoms in total. The Morgan fingerprint density at radius 2 is 1.70 bits per heavy atom. The molecule has 0 saturated heterocycles. The number of hydrogen-bond acceptors (Lipinski definition) is 5. The van der Waals surface area contributed by atoms with E-state index in [1.165, 1.54) is 23.5 Å². The minimum atomic E-state index is -3.89. The molecule has 0 atom stereocenters. The van der Waals surface area contributed by atoms with Gasteiger partial charge in [0.25, 0.3) is 15.9 Å². The van der Waals surface area contributed by atoms with Gasteiger partial charge in [-0.2, -0.15) is 4.99 Å². The van der Waals surface area contributed by atoms with Crippen molar-refractivity contribution in [1.29, 1.82) is 0 Å². The van der Waals surface area contributed by atoms with Gasteiger partial charge >= 0.3 is 0 Å². The highest BCUT2D eigenvalue weighted by molar-refractivity contribution is 7.92. The molecule has 5 rings (SSSR count). The number of nitrogens with zero attached hydrogens (tertiary/aromatic N) is 2. The molecule has 0 saturated carbocycles. The number of hydrogen-bond donors (Lipinski definition) is 1. The lowest BCUT2D eigenvalue weighted by molar-refractivity contribution is 0.0998. The molecular weight excluding hydrogens is 506 g/mol. The van der Waals surface area contributed by atoms with Crippen molar-refractivity contribution < 1.29 is 17.9 Å². The van der Waals surface area contributed by atoms with Crippen molar-refractivity contribution in [3.8, 4) is 0 Å². The fraction of sp³-hybridized carbons (Fsp3) is 0.143. The van der Waals surface area contributed by atoms with Crippen molar-refractivity contribution in [1.82, 2.24) is 4.57 Å². The number of carbonyl (C=O) groups excluding carboxylic acids is 1. The molecule has 0 spiro atoms. The Bertz CT molecular complexity index is 1790. The Morgan fingerprint density at radius 3 is 2.49 bits per heavy atom. The molecule has 0 aliphatic heterocycles. The number of methoxy groups -OCH3 is 1. The number of para-hydroxylation sites is 1. The van der Waals surface area contributed by atoms with Crippen molar-refractivity contribution >= 4 is 53.9 Å². The summed E-state index contributed by atoms with van der Waals surface area (Å²) in [6.07, 6.45) is 0. The molecule has 0 aliphatic rings. The number of rotatable bonds is 7. The van der Waals surface area contributed by atoms with E-state index in [0.717, 1.165) is 26.6 Å². The number of carbonyl (C=O) groups is 1. The number of ether oxygens (including phenoxy) is 1. The van der Waals surface area contributed by atoms with Gasteiger partial charge in [-0.3, -0.25) is 9.52 Å². The highest BCUT2D eigenvalue weighted by atomic mass is 32.2. The van der Waals surface area contributed by atoms with Gasteiger partial charge in [-0.05, 0) is 42.6 Å². The third-order valence-electron chi connectivity index (χ3n) is 6.02. The van der Waals surface area contributed by atoms with E-state index in [0.29, 0.717) is 18.0 Å². The van der Waals surface area contributed by atoms with Crippen LogP contribution in [0.4, 0.5) is 5.69 Å². The topological polar surface area (TPSA) is 89.8 Å². The van der Waals surface area contributed by atoms with Crippen LogP contribution in [-0.4, -0.2) is 32.6 Å². The normalized spacial score (nSPS) is 12.3. The summed E-state index contributed by atoms with van der Waals surface area (Å²) in [6, 6.07) is 25.2. The van der Waals surface area contributed by atoms with Crippen LogP contribution in [0.5, 0.6) is 0 Å². The van der Waals surface area contributed by atoms with E-state index in [1.807, 2.05) is 35.8 Å². The number of nitrogens with one attached hydrogen (secondary N) is 1. The Morgan fingerprint density at radius 1 is 0.973 bits per heavy atom. The summed E-state index contributed by atoms with van der Waals surface area (Å²) in [5.41, 5.74) is 2.25. The first-order chi connectivity index (χ1) is 17.9. The number of sulfonamides is 1. The number of anilines is 1. The van der Waals surface area contributed by atoms with Crippen LogP contribution in [0.15, 0.2) is 94.8 Å². The maximum atomic E-state index is 13.4. The second-order valence-corrected chi connectivity index (χ2v) is 11.2. The molecule has 9 heteroatoms. The molecule has 0 unspecified atom stereocenters. The first kappa shape index (κ1) is 24.9. The summed E-state index contributed by atoms with van der Waals surface area (Å²) in [4.78, 5) is 18.5. The van der Waals surface area contributed by atoms with Gasteiger partial charge in [-0.1, -0.05) is 71.5 Å². The third-order valence-corrected chi connectivity index (χ3v) is 8.53. The van der Waals surface area contributed by atoms with Gasteiger partial charge in [-0.15, -0.1) is 0 Å². The van der Waals surface area contributed by atoms with Crippen LogP contribution < -0.4 is 9.52 Å². The summed E-state index contributed by atoms with van der Waals surface area (Å²) >= 11 is 1.43. The van der Waals surface area contributed by atoms with Gasteiger partial charge in [0, 0.05) is 19.0 Å². The Labute approximate surface area is 218 Å². The van der Waals surface area contributed by atoms with Gasteiger partial charge in [0.2, 0.25) is 0 Å². The second kappa shape index (κ2) is 10.3. The van der Waals surface area contributed by atoms with Crippen LogP contribution in [0.2, 0.25) is 0 Å². The van der Waals surface area contributed by atoms with Crippen LogP contribution in [0, 0.1) is 6.92 Å². The monoisotopic (exact) mass is 531 g/mol. The van der Waals surface area contributed by atoms with E-state index in [1.54, 1.807) is 43.5 Å². The average molecular weight is 532 g/mol. The van der Waals surface area contributed by atoms with E-state index < -0.39 is 15.9 Å². The molecule has 5 aromatic rings. The molecule has 0 aliphatic carbocycles. The van der Waals surface area contributed by atoms with Crippen LogP contribution in [0.1, 0.15) is 15.9 Å². The zero-order valence-electron chi connectivity index (χ0n) is 20.3. The van der Waals surface area contributed by atoms with E-state index >= 15 is 0 Å². The highest BCUT2D eigenvalue weighted by Crippen LogP contribution is 2.28. The van der Waals surface area contributed by atoms with E-state index in [-0.39, 0.29) is 16.1 Å². The minimum Gasteiger partial charge on any atom is -0.383 e. The number of aryl methyl sites for hydroxylation is 1. The maximum absolute atomic E-state index is 13.4. The Balaban J connectivity index is 1.58. The van der Waals surface area contributed by atoms with Crippen LogP contribution in [0.25, 0.3) is 21.0 Å². The summed E-state index contributed by atoms with van der Waals surface area (Å²) in [5.74, 6) is -0.538. The molecule has 0 bridgehead atoms. The van der Waals surface area contributed by atoms with E-state index in [4.69, 9.17) is 4.74 Å². The van der Waals surface area contributed by atoms with Crippen LogP contribution >= 0.6 is 11.3 Å². The molecule has 1 heterocycles. The van der Waals surface area contributed by atoms with E-state index in [9.17, 15) is 13.2 Å². The number of benzene rings is 4. The Kier molecular flexibility index (Phi) is 6.92. The molecule has 1 aromatic heterocycles. The molecule has 37 heavy (non-hydrogen) atoms. The SMILES string of the molecule is COCCn1c(=NC(=O)c2ccccc2NS(=O)(=O)c2ccc(C)cc2)sc2c3ccccc3ccc21. The predicted octanol–water partition coefficient (Wildman–Crippen LogP) is 5.35. The molecule has 1 amide bonds. The summed E-state index contributed by atoms with van der Waals surface area (Å²) < 4.78 is 36.8. The lowest BCUT2D eigenvalue weighted by Crippen LogP contribution is -2.20. The van der Waals surface area contributed by atoms with Crippen molar-refractivity contribution in [2.24, 2.45) is 4.99 Å². The fourth-order valence-corrected chi connectivity index (χ4v) is 6.38. The zero-order chi connectivity index (χ0) is 26.0. The summed E-state index contributed by atoms with van der Waals surface area (Å²) in [7, 11) is -2.26. The van der Waals surface area contributed by atoms with Gasteiger partial charge < -0.3 is 9.30 Å². The van der Waals surface area contributed by atoms with Gasteiger partial charge in [0.05, 0.1) is 33.0 Å². The first-order valence-corrected chi connectivity index (χ1v) is 13.9. The van der Waals surface area contributed by atoms with E-state index in [2.05, 4.69) is 21.8 Å². The lowest BCUT2D eigenvalue weighted by atomic mass is 10.1. The molecule has 188 valence electrons. The molecular formula is C28H25N3O4S2. The Hall–Kier alpha value is -3.79. The van der Waals surface area contributed by atoms with Crippen molar-refractivity contribution in [3.63, 3.8) is 0 Å². The maximum Gasteiger partial charge on any atom is 0.281 e. The van der Waals surface area contributed by atoms with Gasteiger partial charge in [0.1, 0.15) is 0 Å². The first-order valence-electron chi connectivity index (χ1n) is 11.6. The molecule has 1 N–H and O–H groups in total. The minimum absolute atomic E-state index is 0.117. The average Bonchev–Trinajstić information content (AvgIpc) is 3.25. The van der Waals surface area contributed by atoms with Crippen molar-refractivity contribution in [3.05, 3.63) is 101 Å². The summed E-state index contributed by atoms with van der Waals surface area (Å²) in [5, 5.41) is 2.18. The van der Waals surface area contributed by atoms with Crippen molar-refractivity contribution in [2.75, 3.05) is 18.4 Å². The van der Waals surface area contributed by atoms with Crippen LogP contribution in [-0.2, 0) is 21.3 Å². The van der Waals surface area contributed by atoms with Crippen molar-refractivity contribution in [2.45, 2.75) is 18.4 Å². The molecule has 0 radical (unpaired) electrons. The highest BCUT2D eigenvalue weighted by Gasteiger charge is 2.19. The van der Waals surface area contributed by atoms with Gasteiger partial charge in [0.15, 0.2) is 4.80 Å². The number of amides is 1. The largest absolute Gasteiger partial charge is 0.383 e. The van der Waals surface area contributed by atoms with Gasteiger partial charge in [-0.25, -0.2) is 8.42 Å². The lowest BCUT2D eigenvalue weighted by Gasteiger charge is -2.11. The number of fused-ring (bicyclic) bond motifs is 3. The number of aromatic nitrogens is 1. The molecule has 4 aromatic carbocycles. The fourth-order valence-electron chi connectivity index (χ4n) is 4.11. The van der Waals surface area contributed by atoms with Crippen LogP contribution in [0.3, 0.4) is 0 Å². The standard InChI is InChI=1S/C28H25N3O4S2/c1-19-11-14-21(15-12-19)37(33,34)30-24-10-6-5-9-23(24)27(32)29-28-31(17-18-35-2)25-16-13-20-7-3-4-8-22(20)26(25)36-28/h3-16,30H,17-18H2,1-2H3. The zero-order valence-corrected chi connectivity index (χ0v) is 22.0. The summed E-state index contributed by atoms with van der Waals surface area (Å²) in [6.45, 7) is 2.85. The third kappa shape index (κ3) is 5.06. The predicted molar refractivity (Wildman–Crippen MR) is 148 cm³/mol.